The molecule has 2 N–H and O–H groups in total. The minimum absolute atomic E-state index is 0.0938. The molecule has 2 aromatic carbocycles. The number of carbonyl (C=O) groups is 1. The Balaban J connectivity index is 1.80. The average Bonchev–Trinajstić information content (AvgIpc) is 2.61. The molecule has 4 heteroatoms. The molecule has 0 saturated carbocycles. The van der Waals surface area contributed by atoms with E-state index in [1.54, 1.807) is 6.92 Å². The Labute approximate surface area is 149 Å². The van der Waals surface area contributed by atoms with Gasteiger partial charge in [-0.1, -0.05) is 24.3 Å². The molecule has 25 heavy (non-hydrogen) atoms. The van der Waals surface area contributed by atoms with Gasteiger partial charge in [-0.25, -0.2) is 0 Å². The van der Waals surface area contributed by atoms with E-state index in [1.165, 1.54) is 16.5 Å². The predicted octanol–water partition coefficient (Wildman–Crippen LogP) is 3.51. The molecule has 1 aliphatic rings. The van der Waals surface area contributed by atoms with E-state index < -0.39 is 6.10 Å². The normalized spacial score (nSPS) is 15.8. The summed E-state index contributed by atoms with van der Waals surface area (Å²) >= 11 is 0. The maximum Gasteiger partial charge on any atom is 0.260 e. The Morgan fingerprint density at radius 2 is 1.92 bits per heavy atom. The van der Waals surface area contributed by atoms with Crippen LogP contribution in [0.2, 0.25) is 0 Å². The summed E-state index contributed by atoms with van der Waals surface area (Å²) in [6, 6.07) is 12.6. The summed E-state index contributed by atoms with van der Waals surface area (Å²) in [6.07, 6.45) is 2.78. The maximum absolute atomic E-state index is 12.0. The van der Waals surface area contributed by atoms with Crippen molar-refractivity contribution in [2.45, 2.75) is 39.3 Å². The topological polar surface area (TPSA) is 50.4 Å². The summed E-state index contributed by atoms with van der Waals surface area (Å²) in [4.78, 5) is 12.0. The number of hydrogen-bond donors (Lipinski definition) is 2. The number of benzene rings is 2. The molecule has 2 aromatic rings. The largest absolute Gasteiger partial charge is 0.481 e. The Morgan fingerprint density at radius 1 is 1.12 bits per heavy atom. The number of ether oxygens (including phenoxy) is 1. The molecule has 3 rings (SSSR count). The van der Waals surface area contributed by atoms with Crippen molar-refractivity contribution in [3.63, 3.8) is 0 Å². The van der Waals surface area contributed by atoms with Crippen molar-refractivity contribution in [3.05, 3.63) is 48.0 Å². The van der Waals surface area contributed by atoms with Crippen molar-refractivity contribution in [1.29, 1.82) is 0 Å². The lowest BCUT2D eigenvalue weighted by Gasteiger charge is -2.17. The van der Waals surface area contributed by atoms with Crippen molar-refractivity contribution in [2.24, 2.45) is 0 Å². The lowest BCUT2D eigenvalue weighted by Crippen LogP contribution is -2.40. The molecule has 0 bridgehead atoms. The predicted molar refractivity (Wildman–Crippen MR) is 103 cm³/mol. The maximum atomic E-state index is 12.0. The first kappa shape index (κ1) is 17.5. The highest BCUT2D eigenvalue weighted by Gasteiger charge is 2.15. The highest BCUT2D eigenvalue weighted by atomic mass is 16.5. The second-order valence-corrected chi connectivity index (χ2v) is 6.83. The molecule has 0 aromatic heterocycles. The third-order valence-corrected chi connectivity index (χ3v) is 4.36. The zero-order chi connectivity index (χ0) is 17.8. The van der Waals surface area contributed by atoms with Gasteiger partial charge in [0.2, 0.25) is 0 Å². The summed E-state index contributed by atoms with van der Waals surface area (Å²) in [6.45, 7) is 7.61. The summed E-state index contributed by atoms with van der Waals surface area (Å²) in [5, 5.41) is 8.52. The van der Waals surface area contributed by atoms with Gasteiger partial charge in [0.15, 0.2) is 6.10 Å². The lowest BCUT2D eigenvalue weighted by molar-refractivity contribution is -0.127. The van der Waals surface area contributed by atoms with Crippen LogP contribution in [-0.4, -0.2) is 31.1 Å². The number of fused-ring (bicyclic) bond motifs is 1. The van der Waals surface area contributed by atoms with Gasteiger partial charge in [-0.2, -0.15) is 0 Å². The van der Waals surface area contributed by atoms with Crippen LogP contribution in [0.3, 0.4) is 0 Å². The van der Waals surface area contributed by atoms with Gasteiger partial charge in [0.1, 0.15) is 5.75 Å². The molecule has 0 fully saturated rings. The quantitative estimate of drug-likeness (QED) is 0.877. The van der Waals surface area contributed by atoms with Crippen LogP contribution < -0.4 is 15.4 Å². The number of rotatable bonds is 5. The highest BCUT2D eigenvalue weighted by Crippen LogP contribution is 2.27. The molecule has 0 aliphatic carbocycles. The van der Waals surface area contributed by atoms with Crippen molar-refractivity contribution < 1.29 is 9.53 Å². The second kappa shape index (κ2) is 7.70. The van der Waals surface area contributed by atoms with E-state index in [2.05, 4.69) is 34.9 Å². The fourth-order valence-electron chi connectivity index (χ4n) is 3.04. The van der Waals surface area contributed by atoms with Crippen LogP contribution >= 0.6 is 0 Å². The van der Waals surface area contributed by atoms with E-state index in [0.717, 1.165) is 30.6 Å². The van der Waals surface area contributed by atoms with Crippen molar-refractivity contribution in [2.75, 3.05) is 13.1 Å². The fourth-order valence-corrected chi connectivity index (χ4v) is 3.04. The van der Waals surface area contributed by atoms with E-state index in [9.17, 15) is 4.79 Å². The number of carbonyl (C=O) groups excluding carboxylic acids is 1. The number of hydrogen-bond acceptors (Lipinski definition) is 3. The van der Waals surface area contributed by atoms with E-state index in [4.69, 9.17) is 4.74 Å². The molecule has 1 aliphatic heterocycles. The Morgan fingerprint density at radius 3 is 2.64 bits per heavy atom. The van der Waals surface area contributed by atoms with Crippen LogP contribution in [0.5, 0.6) is 5.75 Å². The third-order valence-electron chi connectivity index (χ3n) is 4.36. The SMILES string of the molecule is CC(C)NC(=O)C(C)Oc1ccc2ccc(C3=CCNCC3)cc2c1. The monoisotopic (exact) mass is 338 g/mol. The Bertz CT molecular complexity index is 796. The average molecular weight is 338 g/mol. The third kappa shape index (κ3) is 4.40. The first-order chi connectivity index (χ1) is 12.0. The molecule has 0 spiro atoms. The zero-order valence-corrected chi connectivity index (χ0v) is 15.1. The van der Waals surface area contributed by atoms with Gasteiger partial charge in [-0.3, -0.25) is 4.79 Å². The van der Waals surface area contributed by atoms with Gasteiger partial charge >= 0.3 is 0 Å². The van der Waals surface area contributed by atoms with Crippen molar-refractivity contribution >= 4 is 22.3 Å². The first-order valence-electron chi connectivity index (χ1n) is 8.94. The summed E-state index contributed by atoms with van der Waals surface area (Å²) in [5.41, 5.74) is 2.65. The molecular weight excluding hydrogens is 312 g/mol. The van der Waals surface area contributed by atoms with Crippen LogP contribution in [-0.2, 0) is 4.79 Å². The fraction of sp³-hybridized carbons (Fsp3) is 0.381. The summed E-state index contributed by atoms with van der Waals surface area (Å²) in [7, 11) is 0. The van der Waals surface area contributed by atoms with Gasteiger partial charge < -0.3 is 15.4 Å². The molecule has 1 amide bonds. The minimum Gasteiger partial charge on any atom is -0.481 e. The van der Waals surface area contributed by atoms with Crippen molar-refractivity contribution in [3.8, 4) is 5.75 Å². The lowest BCUT2D eigenvalue weighted by atomic mass is 9.97. The summed E-state index contributed by atoms with van der Waals surface area (Å²) in [5.74, 6) is 0.624. The van der Waals surface area contributed by atoms with E-state index in [0.29, 0.717) is 0 Å². The molecule has 0 saturated heterocycles. The number of amides is 1. The van der Waals surface area contributed by atoms with Gasteiger partial charge in [0.05, 0.1) is 0 Å². The van der Waals surface area contributed by atoms with Crippen LogP contribution in [0, 0.1) is 0 Å². The zero-order valence-electron chi connectivity index (χ0n) is 15.1. The first-order valence-corrected chi connectivity index (χ1v) is 8.94. The smallest absolute Gasteiger partial charge is 0.260 e. The summed E-state index contributed by atoms with van der Waals surface area (Å²) < 4.78 is 5.83. The Kier molecular flexibility index (Phi) is 5.39. The standard InChI is InChI=1S/C21H26N2O2/c1-14(2)23-21(24)15(3)25-20-7-6-16-4-5-18(12-19(16)13-20)17-8-10-22-11-9-17/h4-8,12-15,22H,9-11H2,1-3H3,(H,23,24). The van der Waals surface area contributed by atoms with Crippen molar-refractivity contribution in [1.82, 2.24) is 10.6 Å². The highest BCUT2D eigenvalue weighted by molar-refractivity contribution is 5.88. The number of nitrogens with one attached hydrogen (secondary N) is 2. The second-order valence-electron chi connectivity index (χ2n) is 6.83. The Hall–Kier alpha value is -2.33. The molecule has 0 radical (unpaired) electrons. The van der Waals surface area contributed by atoms with Gasteiger partial charge in [-0.15, -0.1) is 0 Å². The molecule has 1 atom stereocenters. The molecule has 1 unspecified atom stereocenters. The van der Waals surface area contributed by atoms with Crippen LogP contribution in [0.25, 0.3) is 16.3 Å². The van der Waals surface area contributed by atoms with Gasteiger partial charge in [-0.05, 0) is 73.8 Å². The molecule has 4 nitrogen and oxygen atoms in total. The van der Waals surface area contributed by atoms with Crippen LogP contribution in [0.15, 0.2) is 42.5 Å². The van der Waals surface area contributed by atoms with Gasteiger partial charge in [0, 0.05) is 12.6 Å². The van der Waals surface area contributed by atoms with Crippen LogP contribution in [0.1, 0.15) is 32.8 Å². The molecular formula is C21H26N2O2. The van der Waals surface area contributed by atoms with E-state index in [-0.39, 0.29) is 11.9 Å². The van der Waals surface area contributed by atoms with Gasteiger partial charge in [0.25, 0.3) is 5.91 Å². The minimum atomic E-state index is -0.518. The molecule has 132 valence electrons. The van der Waals surface area contributed by atoms with E-state index in [1.807, 2.05) is 32.0 Å². The molecule has 1 heterocycles. The van der Waals surface area contributed by atoms with Crippen LogP contribution in [0.4, 0.5) is 0 Å². The van der Waals surface area contributed by atoms with E-state index >= 15 is 0 Å².